The number of methoxy groups -OCH3 is 1. The second-order valence-corrected chi connectivity index (χ2v) is 5.72. The molecule has 2 fully saturated rings. The van der Waals surface area contributed by atoms with Gasteiger partial charge in [-0.2, -0.15) is 0 Å². The molecule has 2 heterocycles. The summed E-state index contributed by atoms with van der Waals surface area (Å²) in [6, 6.07) is 10.1. The van der Waals surface area contributed by atoms with Crippen molar-refractivity contribution in [2.24, 2.45) is 0 Å². The molecule has 0 aromatic heterocycles. The molecular weight excluding hydrogens is 256 g/mol. The molecule has 2 bridgehead atoms. The molecule has 1 aromatic carbocycles. The summed E-state index contributed by atoms with van der Waals surface area (Å²) in [4.78, 5) is 0. The minimum atomic E-state index is -0.659. The van der Waals surface area contributed by atoms with Crippen LogP contribution in [0.3, 0.4) is 0 Å². The Balaban J connectivity index is 1.69. The highest BCUT2D eigenvalue weighted by Gasteiger charge is 2.56. The predicted octanol–water partition coefficient (Wildman–Crippen LogP) is 2.51. The molecule has 2 aliphatic rings. The van der Waals surface area contributed by atoms with E-state index in [1.165, 1.54) is 0 Å². The van der Waals surface area contributed by atoms with Crippen LogP contribution in [0.4, 0.5) is 0 Å². The molecule has 0 saturated carbocycles. The standard InChI is InChI=1S/C16H22O4/c1-11-15-13(17-3)9-14(16(2,19-11)20-15)18-10-12-7-5-4-6-8-12/h4-8,11,13-15H,9-10H2,1-3H3. The van der Waals surface area contributed by atoms with Crippen molar-refractivity contribution in [3.63, 3.8) is 0 Å². The van der Waals surface area contributed by atoms with Crippen LogP contribution in [0.2, 0.25) is 0 Å². The topological polar surface area (TPSA) is 36.9 Å². The van der Waals surface area contributed by atoms with E-state index in [4.69, 9.17) is 18.9 Å². The molecule has 5 atom stereocenters. The van der Waals surface area contributed by atoms with Gasteiger partial charge in [0.25, 0.3) is 0 Å². The first-order valence-corrected chi connectivity index (χ1v) is 7.16. The lowest BCUT2D eigenvalue weighted by Crippen LogP contribution is -2.51. The zero-order valence-corrected chi connectivity index (χ0v) is 12.2. The van der Waals surface area contributed by atoms with E-state index in [1.807, 2.05) is 32.0 Å². The number of benzene rings is 1. The number of ether oxygens (including phenoxy) is 4. The Kier molecular flexibility index (Phi) is 3.82. The van der Waals surface area contributed by atoms with Gasteiger partial charge in [0.05, 0.1) is 18.8 Å². The quantitative estimate of drug-likeness (QED) is 0.848. The second-order valence-electron chi connectivity index (χ2n) is 5.72. The van der Waals surface area contributed by atoms with Crippen molar-refractivity contribution in [2.45, 2.75) is 57.1 Å². The molecule has 2 aliphatic heterocycles. The third-order valence-electron chi connectivity index (χ3n) is 4.25. The summed E-state index contributed by atoms with van der Waals surface area (Å²) in [5.41, 5.74) is 1.15. The van der Waals surface area contributed by atoms with Gasteiger partial charge in [-0.25, -0.2) is 0 Å². The van der Waals surface area contributed by atoms with Crippen molar-refractivity contribution < 1.29 is 18.9 Å². The van der Waals surface area contributed by atoms with Crippen molar-refractivity contribution in [1.29, 1.82) is 0 Å². The first-order chi connectivity index (χ1) is 9.62. The summed E-state index contributed by atoms with van der Waals surface area (Å²) < 4.78 is 23.6. The molecule has 1 aromatic rings. The Morgan fingerprint density at radius 2 is 2.00 bits per heavy atom. The van der Waals surface area contributed by atoms with Crippen molar-refractivity contribution in [1.82, 2.24) is 0 Å². The fraction of sp³-hybridized carbons (Fsp3) is 0.625. The van der Waals surface area contributed by atoms with Gasteiger partial charge in [0.15, 0.2) is 5.79 Å². The highest BCUT2D eigenvalue weighted by molar-refractivity contribution is 5.13. The summed E-state index contributed by atoms with van der Waals surface area (Å²) in [6.45, 7) is 4.55. The lowest BCUT2D eigenvalue weighted by molar-refractivity contribution is -0.270. The van der Waals surface area contributed by atoms with Crippen LogP contribution in [0.5, 0.6) is 0 Å². The van der Waals surface area contributed by atoms with Gasteiger partial charge >= 0.3 is 0 Å². The first-order valence-electron chi connectivity index (χ1n) is 7.16. The van der Waals surface area contributed by atoms with Gasteiger partial charge in [-0.3, -0.25) is 0 Å². The molecular formula is C16H22O4. The van der Waals surface area contributed by atoms with E-state index >= 15 is 0 Å². The summed E-state index contributed by atoms with van der Waals surface area (Å²) in [5, 5.41) is 0. The number of rotatable bonds is 4. The third-order valence-corrected chi connectivity index (χ3v) is 4.25. The van der Waals surface area contributed by atoms with Crippen LogP contribution in [0.1, 0.15) is 25.8 Å². The van der Waals surface area contributed by atoms with Crippen molar-refractivity contribution in [3.8, 4) is 0 Å². The highest BCUT2D eigenvalue weighted by Crippen LogP contribution is 2.42. The van der Waals surface area contributed by atoms with Crippen LogP contribution in [0.15, 0.2) is 30.3 Å². The second kappa shape index (κ2) is 5.45. The third kappa shape index (κ3) is 2.49. The summed E-state index contributed by atoms with van der Waals surface area (Å²) in [5.74, 6) is -0.659. The highest BCUT2D eigenvalue weighted by atomic mass is 16.8. The molecule has 110 valence electrons. The molecule has 20 heavy (non-hydrogen) atoms. The van der Waals surface area contributed by atoms with Gasteiger partial charge in [-0.15, -0.1) is 0 Å². The van der Waals surface area contributed by atoms with Gasteiger partial charge < -0.3 is 18.9 Å². The normalized spacial score (nSPS) is 40.0. The zero-order chi connectivity index (χ0) is 14.2. The minimum absolute atomic E-state index is 0.00146. The molecule has 0 N–H and O–H groups in total. The number of hydrogen-bond donors (Lipinski definition) is 0. The van der Waals surface area contributed by atoms with E-state index in [9.17, 15) is 0 Å². The van der Waals surface area contributed by atoms with Crippen LogP contribution in [-0.2, 0) is 25.6 Å². The molecule has 4 nitrogen and oxygen atoms in total. The van der Waals surface area contributed by atoms with Gasteiger partial charge in [0, 0.05) is 13.5 Å². The SMILES string of the molecule is COC1CC(OCc2ccccc2)C2(C)OC(C)C1O2. The fourth-order valence-corrected chi connectivity index (χ4v) is 3.14. The fourth-order valence-electron chi connectivity index (χ4n) is 3.14. The van der Waals surface area contributed by atoms with Crippen LogP contribution in [0.25, 0.3) is 0 Å². The van der Waals surface area contributed by atoms with Crippen molar-refractivity contribution in [3.05, 3.63) is 35.9 Å². The Morgan fingerprint density at radius 1 is 1.25 bits per heavy atom. The van der Waals surface area contributed by atoms with Crippen LogP contribution < -0.4 is 0 Å². The van der Waals surface area contributed by atoms with E-state index in [0.29, 0.717) is 6.61 Å². The Labute approximate surface area is 120 Å². The van der Waals surface area contributed by atoms with Gasteiger partial charge in [0.1, 0.15) is 12.2 Å². The van der Waals surface area contributed by atoms with Crippen LogP contribution in [-0.4, -0.2) is 37.3 Å². The Morgan fingerprint density at radius 3 is 2.70 bits per heavy atom. The number of hydrogen-bond acceptors (Lipinski definition) is 4. The van der Waals surface area contributed by atoms with Gasteiger partial charge in [0.2, 0.25) is 0 Å². The van der Waals surface area contributed by atoms with E-state index in [-0.39, 0.29) is 24.4 Å². The molecule has 4 heteroatoms. The lowest BCUT2D eigenvalue weighted by atomic mass is 9.97. The smallest absolute Gasteiger partial charge is 0.192 e. The van der Waals surface area contributed by atoms with E-state index in [1.54, 1.807) is 7.11 Å². The number of fused-ring (bicyclic) bond motifs is 2. The molecule has 0 aliphatic carbocycles. The van der Waals surface area contributed by atoms with Crippen molar-refractivity contribution >= 4 is 0 Å². The average molecular weight is 278 g/mol. The molecule has 3 rings (SSSR count). The van der Waals surface area contributed by atoms with Gasteiger partial charge in [-0.1, -0.05) is 30.3 Å². The van der Waals surface area contributed by atoms with E-state index in [2.05, 4.69) is 12.1 Å². The molecule has 0 radical (unpaired) electrons. The average Bonchev–Trinajstić information content (AvgIpc) is 2.72. The predicted molar refractivity (Wildman–Crippen MR) is 74.3 cm³/mol. The largest absolute Gasteiger partial charge is 0.379 e. The first kappa shape index (κ1) is 14.0. The van der Waals surface area contributed by atoms with Crippen LogP contribution >= 0.6 is 0 Å². The van der Waals surface area contributed by atoms with Gasteiger partial charge in [-0.05, 0) is 19.4 Å². The maximum atomic E-state index is 6.05. The minimum Gasteiger partial charge on any atom is -0.379 e. The maximum Gasteiger partial charge on any atom is 0.192 e. The molecule has 0 spiro atoms. The maximum absolute atomic E-state index is 6.05. The molecule has 2 saturated heterocycles. The van der Waals surface area contributed by atoms with Crippen molar-refractivity contribution in [2.75, 3.05) is 7.11 Å². The summed E-state index contributed by atoms with van der Waals surface area (Å²) >= 11 is 0. The molecule has 0 amide bonds. The zero-order valence-electron chi connectivity index (χ0n) is 12.2. The monoisotopic (exact) mass is 278 g/mol. The molecule has 5 unspecified atom stereocenters. The van der Waals surface area contributed by atoms with Crippen LogP contribution in [0, 0.1) is 0 Å². The van der Waals surface area contributed by atoms with E-state index in [0.717, 1.165) is 12.0 Å². The van der Waals surface area contributed by atoms with E-state index < -0.39 is 5.79 Å². The Hall–Kier alpha value is -0.940. The lowest BCUT2D eigenvalue weighted by Gasteiger charge is -2.39. The summed E-state index contributed by atoms with van der Waals surface area (Å²) in [6.07, 6.45) is 0.751. The summed E-state index contributed by atoms with van der Waals surface area (Å²) in [7, 11) is 1.72. The Bertz CT molecular complexity index is 449.